The van der Waals surface area contributed by atoms with E-state index in [9.17, 15) is 19.2 Å². The molecule has 0 bridgehead atoms. The summed E-state index contributed by atoms with van der Waals surface area (Å²) >= 11 is 0. The number of nitrogens with zero attached hydrogens (tertiary/aromatic N) is 2. The average molecular weight is 454 g/mol. The SMILES string of the molecule is Cc1ccc(NC(=O)OCCOCCOC(=O)Nc2ccc(C)c(N=C=O)c2)cc1N=C=O. The number of carbonyl (C=O) groups is 2. The van der Waals surface area contributed by atoms with Crippen molar-refractivity contribution in [3.8, 4) is 0 Å². The summed E-state index contributed by atoms with van der Waals surface area (Å²) in [5.74, 6) is 0. The fourth-order valence-corrected chi connectivity index (χ4v) is 2.51. The third-order valence-corrected chi connectivity index (χ3v) is 4.16. The minimum atomic E-state index is -0.699. The van der Waals surface area contributed by atoms with Gasteiger partial charge < -0.3 is 14.2 Å². The van der Waals surface area contributed by atoms with Crippen molar-refractivity contribution in [1.82, 2.24) is 0 Å². The topological polar surface area (TPSA) is 145 Å². The van der Waals surface area contributed by atoms with E-state index < -0.39 is 12.2 Å². The summed E-state index contributed by atoms with van der Waals surface area (Å²) in [5, 5.41) is 5.02. The van der Waals surface area contributed by atoms with Crippen molar-refractivity contribution >= 4 is 47.1 Å². The Kier molecular flexibility index (Phi) is 9.97. The van der Waals surface area contributed by atoms with Crippen molar-refractivity contribution in [2.24, 2.45) is 9.98 Å². The molecule has 0 aliphatic carbocycles. The highest BCUT2D eigenvalue weighted by Gasteiger charge is 2.07. The molecule has 33 heavy (non-hydrogen) atoms. The maximum absolute atomic E-state index is 11.8. The zero-order valence-corrected chi connectivity index (χ0v) is 18.0. The highest BCUT2D eigenvalue weighted by molar-refractivity contribution is 5.86. The van der Waals surface area contributed by atoms with Gasteiger partial charge in [-0.05, 0) is 49.2 Å². The minimum absolute atomic E-state index is 0.0212. The predicted molar refractivity (Wildman–Crippen MR) is 119 cm³/mol. The van der Waals surface area contributed by atoms with Crippen LogP contribution in [0.4, 0.5) is 32.3 Å². The molecular weight excluding hydrogens is 432 g/mol. The fourth-order valence-electron chi connectivity index (χ4n) is 2.51. The number of ether oxygens (including phenoxy) is 3. The molecule has 2 amide bonds. The van der Waals surface area contributed by atoms with Crippen LogP contribution in [0.1, 0.15) is 11.1 Å². The molecule has 2 rings (SSSR count). The number of isocyanates is 2. The van der Waals surface area contributed by atoms with Crippen molar-refractivity contribution in [3.05, 3.63) is 47.5 Å². The minimum Gasteiger partial charge on any atom is -0.447 e. The first-order chi connectivity index (χ1) is 15.9. The molecule has 2 N–H and O–H groups in total. The van der Waals surface area contributed by atoms with Crippen molar-refractivity contribution in [2.75, 3.05) is 37.1 Å². The fraction of sp³-hybridized carbons (Fsp3) is 0.273. The first kappa shape index (κ1) is 25.0. The number of anilines is 2. The Bertz CT molecular complexity index is 1000. The first-order valence-electron chi connectivity index (χ1n) is 9.75. The summed E-state index contributed by atoms with van der Waals surface area (Å²) in [6.45, 7) is 3.69. The van der Waals surface area contributed by atoms with Gasteiger partial charge in [0.1, 0.15) is 13.2 Å². The van der Waals surface area contributed by atoms with Crippen molar-refractivity contribution < 1.29 is 33.4 Å². The Morgan fingerprint density at radius 3 is 1.58 bits per heavy atom. The zero-order chi connectivity index (χ0) is 24.1. The largest absolute Gasteiger partial charge is 0.447 e. The molecule has 0 aromatic heterocycles. The van der Waals surface area contributed by atoms with Crippen LogP contribution in [0.15, 0.2) is 46.4 Å². The van der Waals surface area contributed by atoms with Crippen LogP contribution in [0, 0.1) is 13.8 Å². The van der Waals surface area contributed by atoms with Crippen LogP contribution in [0.2, 0.25) is 0 Å². The van der Waals surface area contributed by atoms with E-state index >= 15 is 0 Å². The number of hydrogen-bond acceptors (Lipinski definition) is 9. The summed E-state index contributed by atoms with van der Waals surface area (Å²) in [6, 6.07) is 9.73. The molecule has 2 aromatic rings. The first-order valence-corrected chi connectivity index (χ1v) is 9.75. The molecule has 0 atom stereocenters. The van der Waals surface area contributed by atoms with E-state index in [1.165, 1.54) is 24.3 Å². The zero-order valence-electron chi connectivity index (χ0n) is 18.0. The lowest BCUT2D eigenvalue weighted by molar-refractivity contribution is 0.0512. The Morgan fingerprint density at radius 2 is 1.18 bits per heavy atom. The summed E-state index contributed by atoms with van der Waals surface area (Å²) in [5.41, 5.74) is 3.14. The number of benzene rings is 2. The normalized spacial score (nSPS) is 9.76. The Hall–Kier alpha value is -4.30. The molecule has 0 saturated carbocycles. The molecule has 0 aliphatic rings. The van der Waals surface area contributed by atoms with Gasteiger partial charge in [0.25, 0.3) is 0 Å². The van der Waals surface area contributed by atoms with Gasteiger partial charge in [0, 0.05) is 11.4 Å². The van der Waals surface area contributed by atoms with Crippen LogP contribution in [-0.2, 0) is 23.8 Å². The maximum Gasteiger partial charge on any atom is 0.411 e. The molecule has 172 valence electrons. The van der Waals surface area contributed by atoms with Gasteiger partial charge in [-0.15, -0.1) is 0 Å². The molecule has 11 nitrogen and oxygen atoms in total. The third kappa shape index (κ3) is 8.76. The molecule has 0 heterocycles. The van der Waals surface area contributed by atoms with Crippen LogP contribution in [0.25, 0.3) is 0 Å². The van der Waals surface area contributed by atoms with E-state index in [2.05, 4.69) is 20.6 Å². The quantitative estimate of drug-likeness (QED) is 0.313. The predicted octanol–water partition coefficient (Wildman–Crippen LogP) is 4.05. The van der Waals surface area contributed by atoms with Gasteiger partial charge in [0.05, 0.1) is 24.6 Å². The molecule has 0 aliphatic heterocycles. The van der Waals surface area contributed by atoms with Crippen molar-refractivity contribution in [3.63, 3.8) is 0 Å². The Labute approximate surface area is 189 Å². The van der Waals surface area contributed by atoms with E-state index in [0.717, 1.165) is 11.1 Å². The summed E-state index contributed by atoms with van der Waals surface area (Å²) in [6.07, 6.45) is 1.51. The van der Waals surface area contributed by atoms with Crippen molar-refractivity contribution in [2.45, 2.75) is 13.8 Å². The summed E-state index contributed by atoms with van der Waals surface area (Å²) in [7, 11) is 0. The number of aryl methyl sites for hydroxylation is 2. The van der Waals surface area contributed by atoms with E-state index in [-0.39, 0.29) is 26.4 Å². The highest BCUT2D eigenvalue weighted by atomic mass is 16.6. The number of rotatable bonds is 10. The van der Waals surface area contributed by atoms with E-state index in [1.807, 2.05) is 0 Å². The number of nitrogens with one attached hydrogen (secondary N) is 2. The van der Waals surface area contributed by atoms with Crippen LogP contribution in [-0.4, -0.2) is 50.8 Å². The van der Waals surface area contributed by atoms with E-state index in [1.54, 1.807) is 38.1 Å². The third-order valence-electron chi connectivity index (χ3n) is 4.16. The number of carbonyl (C=O) groups excluding carboxylic acids is 4. The van der Waals surface area contributed by atoms with Gasteiger partial charge in [-0.25, -0.2) is 19.2 Å². The molecule has 0 radical (unpaired) electrons. The van der Waals surface area contributed by atoms with E-state index in [4.69, 9.17) is 14.2 Å². The molecule has 0 saturated heterocycles. The van der Waals surface area contributed by atoms with Crippen LogP contribution in [0.5, 0.6) is 0 Å². The van der Waals surface area contributed by atoms with Crippen LogP contribution in [0.3, 0.4) is 0 Å². The second-order valence-electron chi connectivity index (χ2n) is 6.54. The summed E-state index contributed by atoms with van der Waals surface area (Å²) < 4.78 is 15.2. The highest BCUT2D eigenvalue weighted by Crippen LogP contribution is 2.23. The van der Waals surface area contributed by atoms with Gasteiger partial charge in [0.15, 0.2) is 0 Å². The molecule has 0 fully saturated rings. The average Bonchev–Trinajstić information content (AvgIpc) is 2.78. The maximum atomic E-state index is 11.8. The lowest BCUT2D eigenvalue weighted by Gasteiger charge is -2.10. The lowest BCUT2D eigenvalue weighted by atomic mass is 10.2. The van der Waals surface area contributed by atoms with Gasteiger partial charge in [-0.2, -0.15) is 9.98 Å². The molecule has 0 spiro atoms. The smallest absolute Gasteiger partial charge is 0.411 e. The monoisotopic (exact) mass is 454 g/mol. The van der Waals surface area contributed by atoms with E-state index in [0.29, 0.717) is 22.7 Å². The van der Waals surface area contributed by atoms with Crippen molar-refractivity contribution in [1.29, 1.82) is 0 Å². The Balaban J connectivity index is 1.61. The standard InChI is InChI=1S/C22H22N4O7/c1-15-3-5-17(11-19(15)23-13-27)25-21(29)32-9-7-31-8-10-33-22(30)26-18-6-4-16(2)20(12-18)24-14-28/h3-6,11-12H,7-10H2,1-2H3,(H,25,29)(H,26,30). The summed E-state index contributed by atoms with van der Waals surface area (Å²) in [4.78, 5) is 51.5. The van der Waals surface area contributed by atoms with Gasteiger partial charge in [-0.3, -0.25) is 10.6 Å². The number of aliphatic imine (C=N–C) groups is 2. The lowest BCUT2D eigenvalue weighted by Crippen LogP contribution is -2.19. The molecular formula is C22H22N4O7. The van der Waals surface area contributed by atoms with Gasteiger partial charge in [0.2, 0.25) is 12.2 Å². The second-order valence-corrected chi connectivity index (χ2v) is 6.54. The van der Waals surface area contributed by atoms with Crippen LogP contribution >= 0.6 is 0 Å². The second kappa shape index (κ2) is 13.2. The van der Waals surface area contributed by atoms with Gasteiger partial charge >= 0.3 is 12.2 Å². The number of amides is 2. The molecule has 0 unspecified atom stereocenters. The number of hydrogen-bond donors (Lipinski definition) is 2. The van der Waals surface area contributed by atoms with Gasteiger partial charge in [-0.1, -0.05) is 12.1 Å². The molecule has 11 heteroatoms. The van der Waals surface area contributed by atoms with Crippen LogP contribution < -0.4 is 10.6 Å². The Morgan fingerprint density at radius 1 is 0.758 bits per heavy atom. The molecule has 2 aromatic carbocycles.